The van der Waals surface area contributed by atoms with Crippen LogP contribution in [-0.2, 0) is 21.5 Å². The second-order valence-electron chi connectivity index (χ2n) is 8.99. The predicted octanol–water partition coefficient (Wildman–Crippen LogP) is 3.40. The average molecular weight is 446 g/mol. The Morgan fingerprint density at radius 2 is 1.88 bits per heavy atom. The SMILES string of the molecule is CCC(=O)N[C@@H]1c2ccccc2C2(CCN(Cc3cccn3-c3ncccn3)CC2)[C@H]1OC. The highest BCUT2D eigenvalue weighted by molar-refractivity contribution is 5.76. The lowest BCUT2D eigenvalue weighted by molar-refractivity contribution is -0.123. The molecule has 2 atom stereocenters. The topological polar surface area (TPSA) is 72.3 Å². The number of hydrogen-bond acceptors (Lipinski definition) is 5. The fraction of sp³-hybridized carbons (Fsp3) is 0.423. The van der Waals surface area contributed by atoms with E-state index in [1.807, 2.05) is 25.3 Å². The minimum absolute atomic E-state index is 0.0610. The maximum atomic E-state index is 12.3. The predicted molar refractivity (Wildman–Crippen MR) is 126 cm³/mol. The summed E-state index contributed by atoms with van der Waals surface area (Å²) in [7, 11) is 1.78. The third-order valence-corrected chi connectivity index (χ3v) is 7.31. The van der Waals surface area contributed by atoms with Crippen molar-refractivity contribution in [3.8, 4) is 5.95 Å². The number of rotatable bonds is 6. The number of benzene rings is 1. The highest BCUT2D eigenvalue weighted by Gasteiger charge is 2.53. The van der Waals surface area contributed by atoms with Crippen molar-refractivity contribution < 1.29 is 9.53 Å². The van der Waals surface area contributed by atoms with Crippen molar-refractivity contribution in [1.29, 1.82) is 0 Å². The molecule has 3 aromatic rings. The molecule has 1 aliphatic heterocycles. The monoisotopic (exact) mass is 445 g/mol. The molecule has 5 rings (SSSR count). The van der Waals surface area contributed by atoms with Crippen molar-refractivity contribution in [2.24, 2.45) is 0 Å². The van der Waals surface area contributed by atoms with Gasteiger partial charge in [-0.15, -0.1) is 0 Å². The van der Waals surface area contributed by atoms with E-state index < -0.39 is 0 Å². The molecule has 0 bridgehead atoms. The lowest BCUT2D eigenvalue weighted by Crippen LogP contribution is -2.50. The van der Waals surface area contributed by atoms with Crippen LogP contribution in [0.5, 0.6) is 0 Å². The van der Waals surface area contributed by atoms with Crippen LogP contribution in [0.2, 0.25) is 0 Å². The third kappa shape index (κ3) is 3.85. The van der Waals surface area contributed by atoms with Gasteiger partial charge in [0, 0.05) is 49.8 Å². The number of likely N-dealkylation sites (tertiary alicyclic amines) is 1. The fourth-order valence-corrected chi connectivity index (χ4v) is 5.70. The molecule has 1 aliphatic carbocycles. The normalized spacial score (nSPS) is 21.8. The number of nitrogens with zero attached hydrogens (tertiary/aromatic N) is 4. The molecule has 0 radical (unpaired) electrons. The number of carbonyl (C=O) groups excluding carboxylic acids is 1. The second-order valence-corrected chi connectivity index (χ2v) is 8.99. The van der Waals surface area contributed by atoms with Crippen molar-refractivity contribution in [1.82, 2.24) is 24.8 Å². The van der Waals surface area contributed by atoms with Gasteiger partial charge in [-0.25, -0.2) is 9.97 Å². The van der Waals surface area contributed by atoms with Crippen LogP contribution in [0.25, 0.3) is 5.95 Å². The molecule has 0 unspecified atom stereocenters. The maximum Gasteiger partial charge on any atom is 0.233 e. The lowest BCUT2D eigenvalue weighted by atomic mass is 9.72. The van der Waals surface area contributed by atoms with E-state index in [0.29, 0.717) is 12.4 Å². The smallest absolute Gasteiger partial charge is 0.233 e. The Morgan fingerprint density at radius 1 is 1.12 bits per heavy atom. The van der Waals surface area contributed by atoms with E-state index in [9.17, 15) is 4.79 Å². The zero-order valence-corrected chi connectivity index (χ0v) is 19.3. The summed E-state index contributed by atoms with van der Waals surface area (Å²) in [4.78, 5) is 23.6. The van der Waals surface area contributed by atoms with Gasteiger partial charge in [-0.05, 0) is 55.3 Å². The number of fused-ring (bicyclic) bond motifs is 2. The van der Waals surface area contributed by atoms with E-state index in [1.165, 1.54) is 16.8 Å². The highest BCUT2D eigenvalue weighted by atomic mass is 16.5. The zero-order valence-electron chi connectivity index (χ0n) is 19.3. The fourth-order valence-electron chi connectivity index (χ4n) is 5.70. The lowest BCUT2D eigenvalue weighted by Gasteiger charge is -2.44. The number of piperidine rings is 1. The molecule has 1 saturated heterocycles. The van der Waals surface area contributed by atoms with Crippen LogP contribution in [0.4, 0.5) is 0 Å². The quantitative estimate of drug-likeness (QED) is 0.630. The third-order valence-electron chi connectivity index (χ3n) is 7.31. The van der Waals surface area contributed by atoms with Gasteiger partial charge in [0.1, 0.15) is 0 Å². The van der Waals surface area contributed by atoms with Gasteiger partial charge in [0.05, 0.1) is 12.1 Å². The van der Waals surface area contributed by atoms with E-state index in [-0.39, 0.29) is 23.5 Å². The van der Waals surface area contributed by atoms with Crippen molar-refractivity contribution in [2.45, 2.75) is 50.3 Å². The number of methoxy groups -OCH3 is 1. The summed E-state index contributed by atoms with van der Waals surface area (Å²) in [6.45, 7) is 4.66. The first-order chi connectivity index (χ1) is 16.2. The van der Waals surface area contributed by atoms with Crippen molar-refractivity contribution in [3.63, 3.8) is 0 Å². The van der Waals surface area contributed by atoms with Crippen LogP contribution in [0.15, 0.2) is 61.1 Å². The maximum absolute atomic E-state index is 12.3. The first-order valence-electron chi connectivity index (χ1n) is 11.7. The molecule has 1 fully saturated rings. The largest absolute Gasteiger partial charge is 0.378 e. The van der Waals surface area contributed by atoms with Crippen LogP contribution in [0.3, 0.4) is 0 Å². The molecule has 1 N–H and O–H groups in total. The Morgan fingerprint density at radius 3 is 2.61 bits per heavy atom. The summed E-state index contributed by atoms with van der Waals surface area (Å²) < 4.78 is 8.17. The Balaban J connectivity index is 1.36. The molecule has 7 nitrogen and oxygen atoms in total. The van der Waals surface area contributed by atoms with Crippen molar-refractivity contribution in [2.75, 3.05) is 20.2 Å². The van der Waals surface area contributed by atoms with E-state index >= 15 is 0 Å². The number of nitrogens with one attached hydrogen (secondary N) is 1. The summed E-state index contributed by atoms with van der Waals surface area (Å²) in [5, 5.41) is 3.24. The van der Waals surface area contributed by atoms with Crippen LogP contribution >= 0.6 is 0 Å². The number of carbonyl (C=O) groups is 1. The summed E-state index contributed by atoms with van der Waals surface area (Å²) in [6.07, 6.45) is 7.95. The van der Waals surface area contributed by atoms with Gasteiger partial charge < -0.3 is 10.1 Å². The Labute approximate surface area is 194 Å². The molecule has 1 spiro atoms. The minimum atomic E-state index is -0.0994. The second kappa shape index (κ2) is 9.08. The molecule has 3 heterocycles. The van der Waals surface area contributed by atoms with Gasteiger partial charge in [0.25, 0.3) is 0 Å². The molecular formula is C26H31N5O2. The molecular weight excluding hydrogens is 414 g/mol. The molecule has 0 saturated carbocycles. The van der Waals surface area contributed by atoms with Gasteiger partial charge in [0.15, 0.2) is 0 Å². The molecule has 2 aliphatic rings. The van der Waals surface area contributed by atoms with Crippen molar-refractivity contribution >= 4 is 5.91 Å². The van der Waals surface area contributed by atoms with Crippen LogP contribution in [-0.4, -0.2) is 51.6 Å². The molecule has 1 aromatic carbocycles. The molecule has 1 amide bonds. The van der Waals surface area contributed by atoms with Gasteiger partial charge in [-0.3, -0.25) is 14.3 Å². The number of hydrogen-bond donors (Lipinski definition) is 1. The van der Waals surface area contributed by atoms with Gasteiger partial charge >= 0.3 is 0 Å². The van der Waals surface area contributed by atoms with Crippen LogP contribution in [0, 0.1) is 0 Å². The Kier molecular flexibility index (Phi) is 6.00. The van der Waals surface area contributed by atoms with Gasteiger partial charge in [-0.1, -0.05) is 31.2 Å². The molecule has 33 heavy (non-hydrogen) atoms. The molecule has 7 heteroatoms. The van der Waals surface area contributed by atoms with Gasteiger partial charge in [0.2, 0.25) is 11.9 Å². The number of ether oxygens (including phenoxy) is 1. The Bertz CT molecular complexity index is 1100. The zero-order chi connectivity index (χ0) is 22.8. The van der Waals surface area contributed by atoms with E-state index in [4.69, 9.17) is 4.74 Å². The standard InChI is InChI=1S/C26H31N5O2/c1-3-22(32)29-23-20-9-4-5-10-21(20)26(24(23)33-2)11-16-30(17-12-26)18-19-8-6-15-31(19)25-27-13-7-14-28-25/h4-10,13-15,23-24H,3,11-12,16-18H2,1-2H3,(H,29,32)/t23-,24+/m1/s1. The number of amides is 1. The highest BCUT2D eigenvalue weighted by Crippen LogP contribution is 2.52. The van der Waals surface area contributed by atoms with E-state index in [2.05, 4.69) is 55.1 Å². The summed E-state index contributed by atoms with van der Waals surface area (Å²) >= 11 is 0. The summed E-state index contributed by atoms with van der Waals surface area (Å²) in [5.74, 6) is 0.764. The van der Waals surface area contributed by atoms with Gasteiger partial charge in [-0.2, -0.15) is 0 Å². The Hall–Kier alpha value is -3.03. The van der Waals surface area contributed by atoms with E-state index in [1.54, 1.807) is 19.5 Å². The molecule has 172 valence electrons. The average Bonchev–Trinajstić information content (AvgIpc) is 3.42. The molecule has 2 aromatic heterocycles. The van der Waals surface area contributed by atoms with Crippen LogP contribution < -0.4 is 5.32 Å². The first-order valence-corrected chi connectivity index (χ1v) is 11.7. The van der Waals surface area contributed by atoms with E-state index in [0.717, 1.165) is 32.5 Å². The number of aromatic nitrogens is 3. The first kappa shape index (κ1) is 21.8. The van der Waals surface area contributed by atoms with Crippen LogP contribution in [0.1, 0.15) is 49.0 Å². The van der Waals surface area contributed by atoms with Crippen molar-refractivity contribution in [3.05, 3.63) is 77.9 Å². The summed E-state index contributed by atoms with van der Waals surface area (Å²) in [5.41, 5.74) is 3.63. The minimum Gasteiger partial charge on any atom is -0.378 e. The summed E-state index contributed by atoms with van der Waals surface area (Å²) in [6, 6.07) is 14.5.